The molecular weight excluding hydrogens is 232 g/mol. The summed E-state index contributed by atoms with van der Waals surface area (Å²) in [5.41, 5.74) is 2.08. The Morgan fingerprint density at radius 1 is 1.39 bits per heavy atom. The van der Waals surface area contributed by atoms with Crippen molar-refractivity contribution in [1.29, 1.82) is 5.26 Å². The van der Waals surface area contributed by atoms with Gasteiger partial charge in [0.05, 0.1) is 17.1 Å². The Balaban J connectivity index is 2.19. The zero-order chi connectivity index (χ0) is 13.1. The molecule has 0 saturated carbocycles. The lowest BCUT2D eigenvalue weighted by molar-refractivity contribution is -0.129. The number of carbonyl (C=O) groups is 1. The number of H-pyrrole nitrogens is 2. The molecule has 0 bridgehead atoms. The first-order chi connectivity index (χ1) is 8.60. The molecule has 0 atom stereocenters. The highest BCUT2D eigenvalue weighted by atomic mass is 16.2. The first-order valence-electron chi connectivity index (χ1n) is 5.42. The van der Waals surface area contributed by atoms with E-state index in [9.17, 15) is 9.59 Å². The van der Waals surface area contributed by atoms with Crippen LogP contribution in [0.2, 0.25) is 0 Å². The Morgan fingerprint density at radius 3 is 2.83 bits per heavy atom. The van der Waals surface area contributed by atoms with Gasteiger partial charge in [0.15, 0.2) is 0 Å². The van der Waals surface area contributed by atoms with Gasteiger partial charge in [-0.3, -0.25) is 4.79 Å². The van der Waals surface area contributed by atoms with Crippen molar-refractivity contribution in [3.63, 3.8) is 0 Å². The molecule has 2 rings (SSSR count). The smallest absolute Gasteiger partial charge is 0.323 e. The lowest BCUT2D eigenvalue weighted by atomic mass is 10.2. The van der Waals surface area contributed by atoms with E-state index in [1.54, 1.807) is 13.1 Å². The average Bonchev–Trinajstić information content (AvgIpc) is 2.68. The van der Waals surface area contributed by atoms with E-state index in [0.717, 1.165) is 11.1 Å². The van der Waals surface area contributed by atoms with Crippen LogP contribution < -0.4 is 5.69 Å². The minimum Gasteiger partial charge on any atom is -0.341 e. The van der Waals surface area contributed by atoms with Gasteiger partial charge in [-0.15, -0.1) is 0 Å². The Kier molecular flexibility index (Phi) is 3.15. The molecule has 6 heteroatoms. The molecule has 1 heterocycles. The second-order valence-electron chi connectivity index (χ2n) is 4.04. The van der Waals surface area contributed by atoms with E-state index in [4.69, 9.17) is 5.26 Å². The van der Waals surface area contributed by atoms with E-state index in [-0.39, 0.29) is 18.0 Å². The summed E-state index contributed by atoms with van der Waals surface area (Å²) in [6.07, 6.45) is -0.125. The van der Waals surface area contributed by atoms with Gasteiger partial charge in [0.25, 0.3) is 0 Å². The molecule has 0 radical (unpaired) electrons. The van der Waals surface area contributed by atoms with Crippen LogP contribution in [0.5, 0.6) is 0 Å². The van der Waals surface area contributed by atoms with Crippen LogP contribution in [0.15, 0.2) is 23.0 Å². The quantitative estimate of drug-likeness (QED) is 0.833. The van der Waals surface area contributed by atoms with E-state index >= 15 is 0 Å². The van der Waals surface area contributed by atoms with E-state index < -0.39 is 0 Å². The van der Waals surface area contributed by atoms with Crippen molar-refractivity contribution in [2.24, 2.45) is 0 Å². The van der Waals surface area contributed by atoms with Crippen molar-refractivity contribution >= 4 is 16.9 Å². The number of imidazole rings is 1. The minimum atomic E-state index is -0.254. The highest BCUT2D eigenvalue weighted by Gasteiger charge is 2.09. The SMILES string of the molecule is CN(Cc1ccc2[nH]c(=O)[nH]c2c1)C(=O)CC#N. The summed E-state index contributed by atoms with van der Waals surface area (Å²) in [6.45, 7) is 0.406. The van der Waals surface area contributed by atoms with Gasteiger partial charge < -0.3 is 14.9 Å². The number of hydrogen-bond acceptors (Lipinski definition) is 3. The molecule has 0 spiro atoms. The molecule has 0 aliphatic rings. The molecule has 92 valence electrons. The molecule has 0 aliphatic carbocycles. The van der Waals surface area contributed by atoms with Gasteiger partial charge >= 0.3 is 5.69 Å². The van der Waals surface area contributed by atoms with Crippen LogP contribution in [-0.2, 0) is 11.3 Å². The third kappa shape index (κ3) is 2.40. The first-order valence-corrected chi connectivity index (χ1v) is 5.42. The van der Waals surface area contributed by atoms with Gasteiger partial charge in [-0.05, 0) is 17.7 Å². The predicted molar refractivity (Wildman–Crippen MR) is 65.6 cm³/mol. The zero-order valence-corrected chi connectivity index (χ0v) is 9.86. The number of nitrogens with zero attached hydrogens (tertiary/aromatic N) is 2. The standard InChI is InChI=1S/C12H12N4O2/c1-16(11(17)4-5-13)7-8-2-3-9-10(6-8)15-12(18)14-9/h2-3,6H,4,7H2,1H3,(H2,14,15,18). The number of fused-ring (bicyclic) bond motifs is 1. The van der Waals surface area contributed by atoms with Crippen LogP contribution in [0.4, 0.5) is 0 Å². The summed E-state index contributed by atoms with van der Waals surface area (Å²) in [6, 6.07) is 7.25. The summed E-state index contributed by atoms with van der Waals surface area (Å²) >= 11 is 0. The van der Waals surface area contributed by atoms with E-state index in [2.05, 4.69) is 9.97 Å². The van der Waals surface area contributed by atoms with Crippen LogP contribution in [0.1, 0.15) is 12.0 Å². The van der Waals surface area contributed by atoms with Crippen molar-refractivity contribution in [2.75, 3.05) is 7.05 Å². The molecule has 18 heavy (non-hydrogen) atoms. The van der Waals surface area contributed by atoms with E-state index in [0.29, 0.717) is 12.1 Å². The highest BCUT2D eigenvalue weighted by Crippen LogP contribution is 2.12. The molecule has 1 amide bonds. The zero-order valence-electron chi connectivity index (χ0n) is 9.86. The number of benzene rings is 1. The molecule has 0 fully saturated rings. The maximum Gasteiger partial charge on any atom is 0.323 e. The third-order valence-electron chi connectivity index (χ3n) is 2.66. The summed E-state index contributed by atoms with van der Waals surface area (Å²) in [7, 11) is 1.64. The predicted octanol–water partition coefficient (Wildman–Crippen LogP) is 0.728. The number of carbonyl (C=O) groups excluding carboxylic acids is 1. The number of aromatic amines is 2. The molecule has 0 saturated heterocycles. The van der Waals surface area contributed by atoms with Crippen LogP contribution in [0.25, 0.3) is 11.0 Å². The maximum absolute atomic E-state index is 11.5. The molecular formula is C12H12N4O2. The summed E-state index contributed by atoms with van der Waals surface area (Å²) < 4.78 is 0. The van der Waals surface area contributed by atoms with Crippen LogP contribution in [0.3, 0.4) is 0 Å². The Bertz CT molecular complexity index is 677. The molecule has 1 aromatic carbocycles. The average molecular weight is 244 g/mol. The van der Waals surface area contributed by atoms with Gasteiger partial charge in [0.1, 0.15) is 6.42 Å². The Hall–Kier alpha value is -2.55. The van der Waals surface area contributed by atoms with E-state index in [1.165, 1.54) is 4.90 Å². The number of nitrogens with one attached hydrogen (secondary N) is 2. The molecule has 6 nitrogen and oxygen atoms in total. The van der Waals surface area contributed by atoms with Crippen LogP contribution in [0, 0.1) is 11.3 Å². The molecule has 2 N–H and O–H groups in total. The monoisotopic (exact) mass is 244 g/mol. The summed E-state index contributed by atoms with van der Waals surface area (Å²) in [5.74, 6) is -0.222. The number of aromatic nitrogens is 2. The second-order valence-corrected chi connectivity index (χ2v) is 4.04. The van der Waals surface area contributed by atoms with Crippen molar-refractivity contribution in [2.45, 2.75) is 13.0 Å². The van der Waals surface area contributed by atoms with Crippen LogP contribution in [-0.4, -0.2) is 27.8 Å². The highest BCUT2D eigenvalue weighted by molar-refractivity contribution is 5.78. The van der Waals surface area contributed by atoms with Crippen molar-refractivity contribution in [3.8, 4) is 6.07 Å². The topological polar surface area (TPSA) is 92.8 Å². The fraction of sp³-hybridized carbons (Fsp3) is 0.250. The summed E-state index contributed by atoms with van der Waals surface area (Å²) in [5, 5.41) is 8.45. The fourth-order valence-corrected chi connectivity index (χ4v) is 1.74. The Labute approximate surface area is 103 Å². The first kappa shape index (κ1) is 11.9. The molecule has 2 aromatic rings. The lowest BCUT2D eigenvalue weighted by Gasteiger charge is -2.15. The number of rotatable bonds is 3. The van der Waals surface area contributed by atoms with Gasteiger partial charge in [0, 0.05) is 13.6 Å². The third-order valence-corrected chi connectivity index (χ3v) is 2.66. The molecule has 0 aliphatic heterocycles. The number of nitriles is 1. The van der Waals surface area contributed by atoms with Gasteiger partial charge in [-0.2, -0.15) is 5.26 Å². The summed E-state index contributed by atoms with van der Waals surface area (Å²) in [4.78, 5) is 29.3. The molecule has 0 unspecified atom stereocenters. The van der Waals surface area contributed by atoms with Gasteiger partial charge in [-0.1, -0.05) is 6.07 Å². The molecule has 1 aromatic heterocycles. The largest absolute Gasteiger partial charge is 0.341 e. The minimum absolute atomic E-state index is 0.125. The van der Waals surface area contributed by atoms with Crippen molar-refractivity contribution < 1.29 is 4.79 Å². The maximum atomic E-state index is 11.5. The van der Waals surface area contributed by atoms with Gasteiger partial charge in [-0.25, -0.2) is 4.79 Å². The van der Waals surface area contributed by atoms with E-state index in [1.807, 2.05) is 18.2 Å². The van der Waals surface area contributed by atoms with Crippen LogP contribution >= 0.6 is 0 Å². The number of amides is 1. The second kappa shape index (κ2) is 4.75. The fourth-order valence-electron chi connectivity index (χ4n) is 1.74. The lowest BCUT2D eigenvalue weighted by Crippen LogP contribution is -2.25. The van der Waals surface area contributed by atoms with Gasteiger partial charge in [0.2, 0.25) is 5.91 Å². The van der Waals surface area contributed by atoms with Crippen molar-refractivity contribution in [3.05, 3.63) is 34.2 Å². The number of hydrogen-bond donors (Lipinski definition) is 2. The van der Waals surface area contributed by atoms with Crippen molar-refractivity contribution in [1.82, 2.24) is 14.9 Å². The normalized spacial score (nSPS) is 10.2. The Morgan fingerprint density at radius 2 is 2.11 bits per heavy atom.